The van der Waals surface area contributed by atoms with Crippen LogP contribution in [0, 0.1) is 19.7 Å². The molecule has 124 valence electrons. The maximum absolute atomic E-state index is 13.1. The van der Waals surface area contributed by atoms with Gasteiger partial charge in [-0.2, -0.15) is 0 Å². The highest BCUT2D eigenvalue weighted by molar-refractivity contribution is 7.21. The molecule has 4 aromatic rings. The van der Waals surface area contributed by atoms with Gasteiger partial charge < -0.3 is 0 Å². The van der Waals surface area contributed by atoms with E-state index in [9.17, 15) is 4.39 Å². The summed E-state index contributed by atoms with van der Waals surface area (Å²) < 4.78 is 13.1. The Balaban J connectivity index is 1.68. The van der Waals surface area contributed by atoms with Crippen LogP contribution >= 0.6 is 22.7 Å². The van der Waals surface area contributed by atoms with Gasteiger partial charge in [0.25, 0.3) is 0 Å². The minimum Gasteiger partial charge on any atom is -0.233 e. The molecule has 0 aliphatic rings. The molecule has 0 radical (unpaired) electrons. The number of benzene rings is 2. The molecule has 4 rings (SSSR count). The highest BCUT2D eigenvalue weighted by Gasteiger charge is 2.14. The number of nitrogens with zero attached hydrogens (tertiary/aromatic N) is 2. The van der Waals surface area contributed by atoms with E-state index in [0.29, 0.717) is 0 Å². The zero-order chi connectivity index (χ0) is 17.4. The van der Waals surface area contributed by atoms with Crippen molar-refractivity contribution in [3.63, 3.8) is 0 Å². The van der Waals surface area contributed by atoms with Crippen LogP contribution in [-0.4, -0.2) is 9.97 Å². The van der Waals surface area contributed by atoms with Crippen LogP contribution in [0.1, 0.15) is 10.4 Å². The first-order valence-electron chi connectivity index (χ1n) is 7.86. The molecular weight excluding hydrogens is 351 g/mol. The molecule has 25 heavy (non-hydrogen) atoms. The fourth-order valence-corrected chi connectivity index (χ4v) is 4.39. The lowest BCUT2D eigenvalue weighted by atomic mass is 10.1. The van der Waals surface area contributed by atoms with Crippen molar-refractivity contribution in [2.75, 3.05) is 0 Å². The molecule has 0 bridgehead atoms. The highest BCUT2D eigenvalue weighted by Crippen LogP contribution is 2.36. The average Bonchev–Trinajstić information content (AvgIpc) is 3.23. The van der Waals surface area contributed by atoms with Crippen molar-refractivity contribution in [3.05, 3.63) is 70.2 Å². The third-order valence-electron chi connectivity index (χ3n) is 3.95. The summed E-state index contributed by atoms with van der Waals surface area (Å²) in [4.78, 5) is 10.7. The first kappa shape index (κ1) is 16.1. The number of hydrogen-bond acceptors (Lipinski definition) is 4. The van der Waals surface area contributed by atoms with Gasteiger partial charge in [-0.05, 0) is 38.1 Å². The Bertz CT molecular complexity index is 1010. The second-order valence-corrected chi connectivity index (χ2v) is 7.90. The summed E-state index contributed by atoms with van der Waals surface area (Å²) in [6.07, 6.45) is 0. The fourth-order valence-electron chi connectivity index (χ4n) is 2.59. The van der Waals surface area contributed by atoms with Crippen molar-refractivity contribution >= 4 is 22.7 Å². The monoisotopic (exact) mass is 366 g/mol. The van der Waals surface area contributed by atoms with Gasteiger partial charge >= 0.3 is 0 Å². The van der Waals surface area contributed by atoms with Crippen LogP contribution in [0.3, 0.4) is 0 Å². The first-order chi connectivity index (χ1) is 12.1. The van der Waals surface area contributed by atoms with Gasteiger partial charge in [-0.1, -0.05) is 29.8 Å². The lowest BCUT2D eigenvalue weighted by molar-refractivity contribution is 0.628. The summed E-state index contributed by atoms with van der Waals surface area (Å²) >= 11 is 3.22. The van der Waals surface area contributed by atoms with Crippen molar-refractivity contribution in [2.24, 2.45) is 0 Å². The standard InChI is InChI=1S/C20H15FN2S2/c1-12-3-5-15(6-4-12)18-13(2)25-20(23-18)19-22-17(11-24-19)14-7-9-16(21)10-8-14/h3-11H,1-2H3. The van der Waals surface area contributed by atoms with Gasteiger partial charge in [-0.25, -0.2) is 14.4 Å². The van der Waals surface area contributed by atoms with Gasteiger partial charge in [0, 0.05) is 21.4 Å². The molecule has 2 heterocycles. The van der Waals surface area contributed by atoms with E-state index in [1.54, 1.807) is 34.8 Å². The van der Waals surface area contributed by atoms with Crippen molar-refractivity contribution in [2.45, 2.75) is 13.8 Å². The minimum atomic E-state index is -0.238. The van der Waals surface area contributed by atoms with Crippen molar-refractivity contribution in [3.8, 4) is 32.5 Å². The molecule has 0 atom stereocenters. The number of halogens is 1. The number of rotatable bonds is 3. The summed E-state index contributed by atoms with van der Waals surface area (Å²) in [5, 5.41) is 3.81. The Morgan fingerprint density at radius 2 is 1.48 bits per heavy atom. The molecule has 0 spiro atoms. The van der Waals surface area contributed by atoms with Crippen LogP contribution in [0.25, 0.3) is 32.5 Å². The SMILES string of the molecule is Cc1ccc(-c2nc(-c3nc(-c4ccc(F)cc4)cs3)sc2C)cc1. The topological polar surface area (TPSA) is 25.8 Å². The Labute approximate surface area is 153 Å². The Morgan fingerprint density at radius 3 is 2.20 bits per heavy atom. The van der Waals surface area contributed by atoms with E-state index in [0.717, 1.165) is 32.5 Å². The second-order valence-electron chi connectivity index (χ2n) is 5.83. The van der Waals surface area contributed by atoms with E-state index in [-0.39, 0.29) is 5.82 Å². The predicted molar refractivity (Wildman–Crippen MR) is 104 cm³/mol. The van der Waals surface area contributed by atoms with Crippen LogP contribution in [0.2, 0.25) is 0 Å². The Morgan fingerprint density at radius 1 is 0.800 bits per heavy atom. The molecule has 0 aliphatic carbocycles. The summed E-state index contributed by atoms with van der Waals surface area (Å²) in [7, 11) is 0. The first-order valence-corrected chi connectivity index (χ1v) is 9.56. The normalized spacial score (nSPS) is 11.0. The van der Waals surface area contributed by atoms with Gasteiger partial charge in [0.1, 0.15) is 5.82 Å². The Hall–Kier alpha value is -2.37. The van der Waals surface area contributed by atoms with Crippen molar-refractivity contribution < 1.29 is 4.39 Å². The van der Waals surface area contributed by atoms with E-state index in [2.05, 4.69) is 43.1 Å². The minimum absolute atomic E-state index is 0.238. The van der Waals surface area contributed by atoms with Crippen LogP contribution in [0.15, 0.2) is 53.9 Å². The van der Waals surface area contributed by atoms with Gasteiger partial charge in [0.2, 0.25) is 0 Å². The zero-order valence-corrected chi connectivity index (χ0v) is 15.4. The lowest BCUT2D eigenvalue weighted by Crippen LogP contribution is -1.82. The molecular formula is C20H15FN2S2. The molecule has 0 unspecified atom stereocenters. The van der Waals surface area contributed by atoms with Crippen molar-refractivity contribution in [1.29, 1.82) is 0 Å². The smallest absolute Gasteiger partial charge is 0.153 e. The van der Waals surface area contributed by atoms with Crippen LogP contribution < -0.4 is 0 Å². The van der Waals surface area contributed by atoms with Gasteiger partial charge in [0.15, 0.2) is 10.0 Å². The number of aryl methyl sites for hydroxylation is 2. The molecule has 0 saturated carbocycles. The summed E-state index contributed by atoms with van der Waals surface area (Å²) in [5.41, 5.74) is 5.14. The number of thiazole rings is 2. The number of aromatic nitrogens is 2. The predicted octanol–water partition coefficient (Wildman–Crippen LogP) is 6.36. The van der Waals surface area contributed by atoms with Gasteiger partial charge in [0.05, 0.1) is 11.4 Å². The van der Waals surface area contributed by atoms with E-state index in [1.165, 1.54) is 22.6 Å². The molecule has 0 saturated heterocycles. The molecule has 2 aromatic carbocycles. The molecule has 2 aromatic heterocycles. The summed E-state index contributed by atoms with van der Waals surface area (Å²) in [5.74, 6) is -0.238. The zero-order valence-electron chi connectivity index (χ0n) is 13.8. The second kappa shape index (κ2) is 6.50. The molecule has 0 fully saturated rings. The van der Waals surface area contributed by atoms with Gasteiger partial charge in [-0.15, -0.1) is 22.7 Å². The number of hydrogen-bond donors (Lipinski definition) is 0. The summed E-state index contributed by atoms with van der Waals surface area (Å²) in [6.45, 7) is 4.17. The van der Waals surface area contributed by atoms with E-state index >= 15 is 0 Å². The molecule has 0 N–H and O–H groups in total. The lowest BCUT2D eigenvalue weighted by Gasteiger charge is -1.99. The third kappa shape index (κ3) is 3.25. The van der Waals surface area contributed by atoms with E-state index in [4.69, 9.17) is 4.98 Å². The van der Waals surface area contributed by atoms with E-state index in [1.807, 2.05) is 5.38 Å². The van der Waals surface area contributed by atoms with Crippen LogP contribution in [0.4, 0.5) is 4.39 Å². The quantitative estimate of drug-likeness (QED) is 0.422. The molecule has 2 nitrogen and oxygen atoms in total. The Kier molecular flexibility index (Phi) is 4.19. The maximum Gasteiger partial charge on any atom is 0.153 e. The fraction of sp³-hybridized carbons (Fsp3) is 0.100. The average molecular weight is 366 g/mol. The molecule has 5 heteroatoms. The molecule has 0 amide bonds. The van der Waals surface area contributed by atoms with Crippen molar-refractivity contribution in [1.82, 2.24) is 9.97 Å². The largest absolute Gasteiger partial charge is 0.233 e. The highest BCUT2D eigenvalue weighted by atomic mass is 32.1. The van der Waals surface area contributed by atoms with E-state index < -0.39 is 0 Å². The molecule has 0 aliphatic heterocycles. The van der Waals surface area contributed by atoms with Gasteiger partial charge in [-0.3, -0.25) is 0 Å². The third-order valence-corrected chi connectivity index (χ3v) is 5.90. The van der Waals surface area contributed by atoms with Crippen LogP contribution in [0.5, 0.6) is 0 Å². The summed E-state index contributed by atoms with van der Waals surface area (Å²) in [6, 6.07) is 14.8. The van der Waals surface area contributed by atoms with Crippen LogP contribution in [-0.2, 0) is 0 Å². The maximum atomic E-state index is 13.1.